The van der Waals surface area contributed by atoms with Gasteiger partial charge in [-0.05, 0) is 6.08 Å². The van der Waals surface area contributed by atoms with Gasteiger partial charge in [0, 0.05) is 0 Å². The van der Waals surface area contributed by atoms with Crippen molar-refractivity contribution in [1.29, 1.82) is 0 Å². The van der Waals surface area contributed by atoms with E-state index in [4.69, 9.17) is 0 Å². The zero-order valence-electron chi connectivity index (χ0n) is 3.46. The van der Waals surface area contributed by atoms with Gasteiger partial charge in [0.05, 0.1) is 11.1 Å². The molecule has 2 nitrogen and oxygen atoms in total. The van der Waals surface area contributed by atoms with Crippen LogP contribution in [0, 0.1) is 0 Å². The molecule has 1 aliphatic rings. The molecule has 1 unspecified atom stereocenters. The summed E-state index contributed by atoms with van der Waals surface area (Å²) in [5.74, 6) is 0. The van der Waals surface area contributed by atoms with Gasteiger partial charge in [-0.1, -0.05) is 12.2 Å². The fraction of sp³-hybridized carbons (Fsp3) is 0.250. The largest absolute Gasteiger partial charge is 0.465 e. The van der Waals surface area contributed by atoms with Crippen molar-refractivity contribution in [3.8, 4) is 0 Å². The minimum atomic E-state index is -1.12. The van der Waals surface area contributed by atoms with Crippen LogP contribution in [-0.2, 0) is 9.84 Å². The first kappa shape index (κ1) is 4.74. The van der Waals surface area contributed by atoms with Crippen molar-refractivity contribution in [3.63, 3.8) is 0 Å². The van der Waals surface area contributed by atoms with E-state index < -0.39 is 6.29 Å². The van der Waals surface area contributed by atoms with Crippen molar-refractivity contribution in [1.82, 2.24) is 0 Å². The third-order valence-electron chi connectivity index (χ3n) is 0.667. The Morgan fingerprint density at radius 2 is 2.57 bits per heavy atom. The normalized spacial score (nSPS) is 28.1. The van der Waals surface area contributed by atoms with Gasteiger partial charge in [-0.25, -0.2) is 0 Å². The van der Waals surface area contributed by atoms with Crippen LogP contribution in [0.5, 0.6) is 0 Å². The molecule has 0 N–H and O–H groups in total. The van der Waals surface area contributed by atoms with Gasteiger partial charge < -0.3 is 4.74 Å². The zero-order chi connectivity index (χ0) is 5.28. The Hall–Kier alpha value is -0.410. The van der Waals surface area contributed by atoms with Crippen LogP contribution in [0.1, 0.15) is 0 Å². The summed E-state index contributed by atoms with van der Waals surface area (Å²) in [6.45, 7) is 0. The molecule has 1 aliphatic heterocycles. The molecule has 0 aromatic rings. The molecule has 0 aromatic carbocycles. The van der Waals surface area contributed by atoms with E-state index in [1.165, 1.54) is 12.3 Å². The van der Waals surface area contributed by atoms with Gasteiger partial charge in [0.1, 0.15) is 0 Å². The molecular formula is C4H3O2S. The first-order chi connectivity index (χ1) is 3.30. The van der Waals surface area contributed by atoms with Crippen molar-refractivity contribution in [3.05, 3.63) is 12.3 Å². The summed E-state index contributed by atoms with van der Waals surface area (Å²) in [6, 6.07) is 0. The van der Waals surface area contributed by atoms with Gasteiger partial charge in [0.25, 0.3) is 6.29 Å². The van der Waals surface area contributed by atoms with Crippen LogP contribution in [0.4, 0.5) is 0 Å². The Morgan fingerprint density at radius 3 is 2.71 bits per heavy atom. The van der Waals surface area contributed by atoms with Crippen molar-refractivity contribution < 1.29 is 9.84 Å². The molecule has 0 saturated carbocycles. The Balaban J connectivity index is 2.62. The first-order valence-electron chi connectivity index (χ1n) is 1.82. The minimum Gasteiger partial charge on any atom is -0.465 e. The number of hydrogen-bond donors (Lipinski definition) is 0. The topological polar surface area (TPSA) is 29.1 Å². The molecule has 0 saturated heterocycles. The molecular weight excluding hydrogens is 112 g/mol. The predicted molar refractivity (Wildman–Crippen MR) is 27.3 cm³/mol. The van der Waals surface area contributed by atoms with Gasteiger partial charge in [-0.15, -0.1) is 0 Å². The summed E-state index contributed by atoms with van der Waals surface area (Å²) in [5.41, 5.74) is 0. The van der Waals surface area contributed by atoms with E-state index in [9.17, 15) is 5.11 Å². The average molecular weight is 115 g/mol. The molecule has 0 aliphatic carbocycles. The van der Waals surface area contributed by atoms with Crippen molar-refractivity contribution in [2.45, 2.75) is 6.29 Å². The maximum atomic E-state index is 10.2. The Labute approximate surface area is 46.4 Å². The van der Waals surface area contributed by atoms with Gasteiger partial charge in [0.15, 0.2) is 0 Å². The van der Waals surface area contributed by atoms with Gasteiger partial charge in [0.2, 0.25) is 0 Å². The second-order valence-corrected chi connectivity index (χ2v) is 1.64. The SMILES string of the molecule is [O]C1OC=CC1=S. The third kappa shape index (κ3) is 0.783. The molecule has 0 bridgehead atoms. The van der Waals surface area contributed by atoms with Crippen LogP contribution in [0.3, 0.4) is 0 Å². The number of hydrogen-bond acceptors (Lipinski definition) is 2. The quantitative estimate of drug-likeness (QED) is 0.434. The lowest BCUT2D eigenvalue weighted by atomic mass is 10.4. The van der Waals surface area contributed by atoms with E-state index in [0.717, 1.165) is 0 Å². The van der Waals surface area contributed by atoms with E-state index in [2.05, 4.69) is 17.0 Å². The van der Waals surface area contributed by atoms with Crippen molar-refractivity contribution in [2.75, 3.05) is 0 Å². The lowest BCUT2D eigenvalue weighted by molar-refractivity contribution is -0.0374. The van der Waals surface area contributed by atoms with E-state index in [0.29, 0.717) is 4.86 Å². The smallest absolute Gasteiger partial charge is 0.265 e. The third-order valence-corrected chi connectivity index (χ3v) is 0.995. The Morgan fingerprint density at radius 1 is 1.86 bits per heavy atom. The molecule has 1 rings (SSSR count). The molecule has 1 radical (unpaired) electrons. The summed E-state index contributed by atoms with van der Waals surface area (Å²) >= 11 is 4.52. The van der Waals surface area contributed by atoms with Crippen LogP contribution in [0.15, 0.2) is 12.3 Å². The number of thiocarbonyl (C=S) groups is 1. The second kappa shape index (κ2) is 1.60. The molecule has 37 valence electrons. The lowest BCUT2D eigenvalue weighted by Gasteiger charge is -1.94. The molecule has 1 heterocycles. The van der Waals surface area contributed by atoms with Crippen LogP contribution < -0.4 is 0 Å². The van der Waals surface area contributed by atoms with Crippen molar-refractivity contribution in [2.24, 2.45) is 0 Å². The molecule has 1 atom stereocenters. The molecule has 0 aromatic heterocycles. The highest BCUT2D eigenvalue weighted by Crippen LogP contribution is 2.02. The van der Waals surface area contributed by atoms with Crippen LogP contribution in [0.2, 0.25) is 0 Å². The summed E-state index contributed by atoms with van der Waals surface area (Å²) in [6.07, 6.45) is 1.70. The minimum absolute atomic E-state index is 0.333. The van der Waals surface area contributed by atoms with E-state index in [1.54, 1.807) is 0 Å². The zero-order valence-corrected chi connectivity index (χ0v) is 4.27. The van der Waals surface area contributed by atoms with Crippen LogP contribution in [0.25, 0.3) is 0 Å². The average Bonchev–Trinajstić information content (AvgIpc) is 1.91. The Kier molecular flexibility index (Phi) is 1.08. The standard InChI is InChI=1S/C4H3O2S/c5-4-3(7)1-2-6-4/h1-2,4H. The van der Waals surface area contributed by atoms with E-state index >= 15 is 0 Å². The highest BCUT2D eigenvalue weighted by molar-refractivity contribution is 7.80. The highest BCUT2D eigenvalue weighted by Gasteiger charge is 2.13. The molecule has 0 spiro atoms. The Bertz CT molecular complexity index is 119. The maximum Gasteiger partial charge on any atom is 0.265 e. The summed E-state index contributed by atoms with van der Waals surface area (Å²) in [5, 5.41) is 10.2. The van der Waals surface area contributed by atoms with E-state index in [-0.39, 0.29) is 0 Å². The van der Waals surface area contributed by atoms with E-state index in [1.807, 2.05) is 0 Å². The fourth-order valence-corrected chi connectivity index (χ4v) is 0.434. The summed E-state index contributed by atoms with van der Waals surface area (Å²) in [4.78, 5) is 0.333. The summed E-state index contributed by atoms with van der Waals surface area (Å²) in [7, 11) is 0. The predicted octanol–water partition coefficient (Wildman–Crippen LogP) is 0.657. The summed E-state index contributed by atoms with van der Waals surface area (Å²) < 4.78 is 4.39. The van der Waals surface area contributed by atoms with Crippen LogP contribution >= 0.6 is 12.2 Å². The van der Waals surface area contributed by atoms with Gasteiger partial charge in [-0.3, -0.25) is 0 Å². The maximum absolute atomic E-state index is 10.2. The molecule has 0 fully saturated rings. The van der Waals surface area contributed by atoms with Crippen molar-refractivity contribution >= 4 is 17.1 Å². The second-order valence-electron chi connectivity index (χ2n) is 1.17. The molecule has 0 amide bonds. The van der Waals surface area contributed by atoms with Gasteiger partial charge >= 0.3 is 0 Å². The number of ether oxygens (including phenoxy) is 1. The van der Waals surface area contributed by atoms with Crippen LogP contribution in [-0.4, -0.2) is 11.2 Å². The van der Waals surface area contributed by atoms with Gasteiger partial charge in [-0.2, -0.15) is 5.11 Å². The molecule has 3 heteroatoms. The molecule has 7 heavy (non-hydrogen) atoms. The first-order valence-corrected chi connectivity index (χ1v) is 2.23. The lowest BCUT2D eigenvalue weighted by Crippen LogP contribution is -2.09. The highest BCUT2D eigenvalue weighted by atomic mass is 32.1. The number of rotatable bonds is 0. The monoisotopic (exact) mass is 115 g/mol. The fourth-order valence-electron chi connectivity index (χ4n) is 0.323.